The van der Waals surface area contributed by atoms with Gasteiger partial charge in [0.25, 0.3) is 0 Å². The molecule has 1 amide bonds. The Bertz CT molecular complexity index is 718. The summed E-state index contributed by atoms with van der Waals surface area (Å²) in [5.41, 5.74) is 1.03. The molecule has 7 heteroatoms. The zero-order chi connectivity index (χ0) is 16.9. The van der Waals surface area contributed by atoms with Crippen LogP contribution in [0.25, 0.3) is 0 Å². The number of carboxylic acids is 1. The number of carbonyl (C=O) groups excluding carboxylic acids is 1. The van der Waals surface area contributed by atoms with E-state index in [2.05, 4.69) is 15.3 Å². The quantitative estimate of drug-likeness (QED) is 0.838. The van der Waals surface area contributed by atoms with Crippen molar-refractivity contribution in [2.24, 2.45) is 5.92 Å². The molecule has 0 spiro atoms. The highest BCUT2D eigenvalue weighted by atomic mass is 16.4. The smallest absolute Gasteiger partial charge is 0.356 e. The summed E-state index contributed by atoms with van der Waals surface area (Å²) in [5.74, 6) is -0.249. The number of hydrogen-bond acceptors (Lipinski definition) is 5. The lowest BCUT2D eigenvalue weighted by atomic mass is 10.1. The highest BCUT2D eigenvalue weighted by molar-refractivity contribution is 5.84. The highest BCUT2D eigenvalue weighted by Crippen LogP contribution is 2.20. The first-order chi connectivity index (χ1) is 11.6. The van der Waals surface area contributed by atoms with Crippen molar-refractivity contribution in [2.45, 2.75) is 13.0 Å². The molecule has 1 atom stereocenters. The van der Waals surface area contributed by atoms with E-state index in [0.29, 0.717) is 31.9 Å². The number of hydrogen-bond donors (Lipinski definition) is 2. The van der Waals surface area contributed by atoms with Crippen molar-refractivity contribution in [3.63, 3.8) is 0 Å². The molecule has 0 radical (unpaired) electrons. The van der Waals surface area contributed by atoms with Crippen molar-refractivity contribution < 1.29 is 14.7 Å². The normalized spacial score (nSPS) is 17.1. The van der Waals surface area contributed by atoms with Crippen LogP contribution < -0.4 is 5.32 Å². The summed E-state index contributed by atoms with van der Waals surface area (Å²) in [6, 6.07) is 9.92. The van der Waals surface area contributed by atoms with Gasteiger partial charge in [-0.2, -0.15) is 0 Å². The van der Waals surface area contributed by atoms with Gasteiger partial charge in [-0.1, -0.05) is 30.3 Å². The van der Waals surface area contributed by atoms with Gasteiger partial charge in [0.1, 0.15) is 5.82 Å². The number of likely N-dealkylation sites (tertiary alicyclic amines) is 1. The third kappa shape index (κ3) is 3.87. The Labute approximate surface area is 139 Å². The first kappa shape index (κ1) is 15.9. The van der Waals surface area contributed by atoms with Gasteiger partial charge in [0.2, 0.25) is 5.91 Å². The second-order valence-corrected chi connectivity index (χ2v) is 5.80. The van der Waals surface area contributed by atoms with Crippen molar-refractivity contribution in [2.75, 3.05) is 18.4 Å². The summed E-state index contributed by atoms with van der Waals surface area (Å²) in [4.78, 5) is 32.5. The van der Waals surface area contributed by atoms with E-state index in [-0.39, 0.29) is 17.5 Å². The van der Waals surface area contributed by atoms with Crippen LogP contribution in [0.2, 0.25) is 0 Å². The molecule has 1 unspecified atom stereocenters. The standard InChI is InChI=1S/C17H18N4O3/c22-16-6-13(11-21(16)10-12-4-2-1-3-5-12)7-19-15-9-18-14(8-20-15)17(23)24/h1-5,8-9,13H,6-7,10-11H2,(H,19,20)(H,23,24). The zero-order valence-electron chi connectivity index (χ0n) is 13.1. The van der Waals surface area contributed by atoms with Crippen molar-refractivity contribution in [1.29, 1.82) is 0 Å². The maximum atomic E-state index is 12.1. The molecule has 24 heavy (non-hydrogen) atoms. The summed E-state index contributed by atoms with van der Waals surface area (Å²) in [5, 5.41) is 11.9. The Morgan fingerprint density at radius 1 is 1.25 bits per heavy atom. The van der Waals surface area contributed by atoms with E-state index in [1.54, 1.807) is 0 Å². The Hall–Kier alpha value is -2.96. The molecule has 0 aliphatic carbocycles. The second kappa shape index (κ2) is 7.08. The first-order valence-electron chi connectivity index (χ1n) is 7.72. The van der Waals surface area contributed by atoms with Crippen LogP contribution in [-0.4, -0.2) is 44.9 Å². The number of nitrogens with one attached hydrogen (secondary N) is 1. The molecule has 1 aliphatic rings. The molecule has 1 fully saturated rings. The van der Waals surface area contributed by atoms with Crippen molar-refractivity contribution in [3.8, 4) is 0 Å². The van der Waals surface area contributed by atoms with Gasteiger partial charge in [-0.05, 0) is 5.56 Å². The van der Waals surface area contributed by atoms with E-state index in [1.807, 2.05) is 35.2 Å². The number of rotatable bonds is 6. The molecule has 1 aliphatic heterocycles. The predicted molar refractivity (Wildman–Crippen MR) is 87.4 cm³/mol. The van der Waals surface area contributed by atoms with Crippen LogP contribution in [-0.2, 0) is 11.3 Å². The van der Waals surface area contributed by atoms with Crippen LogP contribution in [0.15, 0.2) is 42.7 Å². The molecule has 124 valence electrons. The third-order valence-electron chi connectivity index (χ3n) is 3.95. The van der Waals surface area contributed by atoms with E-state index >= 15 is 0 Å². The Morgan fingerprint density at radius 3 is 2.71 bits per heavy atom. The van der Waals surface area contributed by atoms with E-state index in [4.69, 9.17) is 5.11 Å². The Morgan fingerprint density at radius 2 is 2.04 bits per heavy atom. The van der Waals surface area contributed by atoms with E-state index < -0.39 is 5.97 Å². The monoisotopic (exact) mass is 326 g/mol. The van der Waals surface area contributed by atoms with Crippen LogP contribution in [0.5, 0.6) is 0 Å². The topological polar surface area (TPSA) is 95.4 Å². The molecule has 2 aromatic rings. The van der Waals surface area contributed by atoms with Gasteiger partial charge in [-0.15, -0.1) is 0 Å². The SMILES string of the molecule is O=C(O)c1cnc(NCC2CC(=O)N(Cc3ccccc3)C2)cn1. The van der Waals surface area contributed by atoms with Crippen molar-refractivity contribution >= 4 is 17.7 Å². The highest BCUT2D eigenvalue weighted by Gasteiger charge is 2.29. The lowest BCUT2D eigenvalue weighted by molar-refractivity contribution is -0.128. The molecule has 1 aromatic carbocycles. The number of amides is 1. The molecular weight excluding hydrogens is 308 g/mol. The maximum Gasteiger partial charge on any atom is 0.356 e. The predicted octanol–water partition coefficient (Wildman–Crippen LogP) is 1.64. The fourth-order valence-electron chi connectivity index (χ4n) is 2.73. The summed E-state index contributed by atoms with van der Waals surface area (Å²) in [7, 11) is 0. The maximum absolute atomic E-state index is 12.1. The summed E-state index contributed by atoms with van der Waals surface area (Å²) in [6.45, 7) is 1.92. The molecule has 2 N–H and O–H groups in total. The number of carbonyl (C=O) groups is 2. The van der Waals surface area contributed by atoms with Gasteiger partial charge in [-0.25, -0.2) is 14.8 Å². The van der Waals surface area contributed by atoms with Gasteiger partial charge in [0, 0.05) is 32.0 Å². The molecule has 1 aromatic heterocycles. The lowest BCUT2D eigenvalue weighted by Crippen LogP contribution is -2.25. The molecule has 2 heterocycles. The molecule has 0 bridgehead atoms. The fraction of sp³-hybridized carbons (Fsp3) is 0.294. The number of aromatic carboxylic acids is 1. The van der Waals surface area contributed by atoms with Crippen LogP contribution in [0.3, 0.4) is 0 Å². The summed E-state index contributed by atoms with van der Waals surface area (Å²) in [6.07, 6.45) is 3.11. The molecule has 7 nitrogen and oxygen atoms in total. The lowest BCUT2D eigenvalue weighted by Gasteiger charge is -2.17. The van der Waals surface area contributed by atoms with Gasteiger partial charge in [0.15, 0.2) is 5.69 Å². The minimum Gasteiger partial charge on any atom is -0.476 e. The number of benzene rings is 1. The number of aromatic nitrogens is 2. The number of nitrogens with zero attached hydrogens (tertiary/aromatic N) is 3. The average molecular weight is 326 g/mol. The van der Waals surface area contributed by atoms with E-state index in [0.717, 1.165) is 5.56 Å². The number of carboxylic acid groups (broad SMARTS) is 1. The second-order valence-electron chi connectivity index (χ2n) is 5.80. The molecule has 1 saturated heterocycles. The third-order valence-corrected chi connectivity index (χ3v) is 3.95. The zero-order valence-corrected chi connectivity index (χ0v) is 13.1. The fourth-order valence-corrected chi connectivity index (χ4v) is 2.73. The molecule has 0 saturated carbocycles. The minimum absolute atomic E-state index is 0.0920. The van der Waals surface area contributed by atoms with Gasteiger partial charge in [-0.3, -0.25) is 4.79 Å². The summed E-state index contributed by atoms with van der Waals surface area (Å²) < 4.78 is 0. The average Bonchev–Trinajstić information content (AvgIpc) is 2.94. The van der Waals surface area contributed by atoms with Crippen LogP contribution >= 0.6 is 0 Å². The molecular formula is C17H18N4O3. The minimum atomic E-state index is -1.10. The first-order valence-corrected chi connectivity index (χ1v) is 7.72. The van der Waals surface area contributed by atoms with Gasteiger partial charge in [0.05, 0.1) is 12.4 Å². The number of anilines is 1. The van der Waals surface area contributed by atoms with Crippen LogP contribution in [0.1, 0.15) is 22.5 Å². The van der Waals surface area contributed by atoms with Gasteiger partial charge >= 0.3 is 5.97 Å². The van der Waals surface area contributed by atoms with Crippen LogP contribution in [0, 0.1) is 5.92 Å². The van der Waals surface area contributed by atoms with Crippen molar-refractivity contribution in [1.82, 2.24) is 14.9 Å². The Balaban J connectivity index is 1.52. The summed E-state index contributed by atoms with van der Waals surface area (Å²) >= 11 is 0. The van der Waals surface area contributed by atoms with Crippen LogP contribution in [0.4, 0.5) is 5.82 Å². The van der Waals surface area contributed by atoms with E-state index in [1.165, 1.54) is 12.4 Å². The van der Waals surface area contributed by atoms with E-state index in [9.17, 15) is 9.59 Å². The Kier molecular flexibility index (Phi) is 4.69. The van der Waals surface area contributed by atoms with Crippen molar-refractivity contribution in [3.05, 3.63) is 54.0 Å². The van der Waals surface area contributed by atoms with Gasteiger partial charge < -0.3 is 15.3 Å². The largest absolute Gasteiger partial charge is 0.476 e. The molecule has 3 rings (SSSR count).